The molecule has 2 aliphatic heterocycles. The number of anilines is 2. The molecule has 8 rings (SSSR count). The minimum absolute atomic E-state index is 0.489. The maximum absolute atomic E-state index is 14.2. The number of carbonyl (C=O) groups excluding carboxylic acids is 2. The van der Waals surface area contributed by atoms with Crippen LogP contribution in [0.4, 0.5) is 11.6 Å². The lowest BCUT2D eigenvalue weighted by Crippen LogP contribution is -2.46. The number of piperazine rings is 2. The predicted molar refractivity (Wildman–Crippen MR) is 234 cm³/mol. The summed E-state index contributed by atoms with van der Waals surface area (Å²) in [5.41, 5.74) is 2.22. The van der Waals surface area contributed by atoms with Crippen molar-refractivity contribution in [2.45, 2.75) is 26.1 Å². The number of hydrogen-bond acceptors (Lipinski definition) is 12. The summed E-state index contributed by atoms with van der Waals surface area (Å²) in [7, 11) is 3.19. The number of hydrogen-bond donors (Lipinski definition) is 0. The normalized spacial score (nSPS) is 16.1. The second kappa shape index (κ2) is 18.4. The standard InChI is InChI=1S/C48H52N6O6/c1-5-51-23-27-53(28-24-51)45-39-13-9-7-11-35(39)31-41(49-45)43(33-15-19-37(57-3)20-16-33)59-47(55)48(56)60-44(34-17-21-38(58-4)22-18-34)42-32-36-12-8-10-14-40(36)46(50-42)54-29-25-52(6-2)26-30-54/h7-22,31-32,43-44H,5-6,23-30H2,1-4H3. The molecule has 4 heterocycles. The van der Waals surface area contributed by atoms with Crippen LogP contribution in [0, 0.1) is 0 Å². The van der Waals surface area contributed by atoms with Gasteiger partial charge < -0.3 is 38.5 Å². The van der Waals surface area contributed by atoms with Crippen LogP contribution in [-0.4, -0.2) is 111 Å². The lowest BCUT2D eigenvalue weighted by molar-refractivity contribution is -0.172. The van der Waals surface area contributed by atoms with E-state index in [1.807, 2.05) is 72.8 Å². The van der Waals surface area contributed by atoms with Crippen LogP contribution in [0.25, 0.3) is 21.5 Å². The second-order valence-electron chi connectivity index (χ2n) is 15.1. The van der Waals surface area contributed by atoms with Gasteiger partial charge in [-0.1, -0.05) is 86.6 Å². The Morgan fingerprint density at radius 1 is 0.533 bits per heavy atom. The van der Waals surface area contributed by atoms with Gasteiger partial charge in [-0.15, -0.1) is 0 Å². The molecule has 310 valence electrons. The summed E-state index contributed by atoms with van der Waals surface area (Å²) in [6, 6.07) is 34.5. The topological polar surface area (TPSA) is 110 Å². The molecule has 0 radical (unpaired) electrons. The number of carbonyl (C=O) groups is 2. The summed E-state index contributed by atoms with van der Waals surface area (Å²) in [5, 5.41) is 3.90. The van der Waals surface area contributed by atoms with E-state index in [1.165, 1.54) is 0 Å². The van der Waals surface area contributed by atoms with Crippen LogP contribution in [0.15, 0.2) is 109 Å². The molecule has 2 saturated heterocycles. The van der Waals surface area contributed by atoms with Gasteiger partial charge in [-0.25, -0.2) is 19.6 Å². The van der Waals surface area contributed by atoms with Gasteiger partial charge in [0.1, 0.15) is 23.1 Å². The smallest absolute Gasteiger partial charge is 0.418 e. The van der Waals surface area contributed by atoms with Crippen molar-refractivity contribution in [3.63, 3.8) is 0 Å². The van der Waals surface area contributed by atoms with E-state index in [1.54, 1.807) is 38.5 Å². The Kier molecular flexibility index (Phi) is 12.4. The van der Waals surface area contributed by atoms with E-state index < -0.39 is 24.1 Å². The Morgan fingerprint density at radius 3 is 1.25 bits per heavy atom. The first-order valence-electron chi connectivity index (χ1n) is 20.8. The molecule has 0 spiro atoms. The number of benzene rings is 4. The molecule has 60 heavy (non-hydrogen) atoms. The fourth-order valence-electron chi connectivity index (χ4n) is 8.17. The summed E-state index contributed by atoms with van der Waals surface area (Å²) in [4.78, 5) is 48.2. The number of pyridine rings is 2. The number of ether oxygens (including phenoxy) is 4. The van der Waals surface area contributed by atoms with Gasteiger partial charge in [0.15, 0.2) is 12.2 Å². The van der Waals surface area contributed by atoms with E-state index >= 15 is 0 Å². The fourth-order valence-corrected chi connectivity index (χ4v) is 8.17. The molecule has 4 aromatic carbocycles. The Labute approximate surface area is 351 Å². The summed E-state index contributed by atoms with van der Waals surface area (Å²) in [6.45, 7) is 13.2. The van der Waals surface area contributed by atoms with Crippen LogP contribution in [0.1, 0.15) is 48.6 Å². The van der Waals surface area contributed by atoms with Gasteiger partial charge in [-0.2, -0.15) is 0 Å². The van der Waals surface area contributed by atoms with Crippen LogP contribution in [-0.2, 0) is 19.1 Å². The first kappa shape index (κ1) is 40.5. The molecule has 0 bridgehead atoms. The van der Waals surface area contributed by atoms with Gasteiger partial charge in [0.05, 0.1) is 25.6 Å². The highest BCUT2D eigenvalue weighted by molar-refractivity contribution is 6.29. The minimum atomic E-state index is -1.15. The predicted octanol–water partition coefficient (Wildman–Crippen LogP) is 7.05. The molecule has 2 unspecified atom stereocenters. The Hall–Kier alpha value is -6.24. The zero-order chi connectivity index (χ0) is 41.6. The molecule has 6 aromatic rings. The van der Waals surface area contributed by atoms with Gasteiger partial charge in [0.2, 0.25) is 0 Å². The molecule has 2 aromatic heterocycles. The van der Waals surface area contributed by atoms with Gasteiger partial charge in [0.25, 0.3) is 0 Å². The number of nitrogens with zero attached hydrogens (tertiary/aromatic N) is 6. The zero-order valence-electron chi connectivity index (χ0n) is 34.8. The molecule has 2 aliphatic rings. The number of fused-ring (bicyclic) bond motifs is 2. The van der Waals surface area contributed by atoms with Crippen molar-refractivity contribution < 1.29 is 28.5 Å². The van der Waals surface area contributed by atoms with Gasteiger partial charge in [-0.3, -0.25) is 0 Å². The van der Waals surface area contributed by atoms with Crippen molar-refractivity contribution in [3.8, 4) is 11.5 Å². The molecule has 0 aliphatic carbocycles. The van der Waals surface area contributed by atoms with E-state index in [-0.39, 0.29) is 0 Å². The highest BCUT2D eigenvalue weighted by Gasteiger charge is 2.32. The lowest BCUT2D eigenvalue weighted by atomic mass is 10.0. The van der Waals surface area contributed by atoms with E-state index in [4.69, 9.17) is 28.9 Å². The molecule has 12 heteroatoms. The van der Waals surface area contributed by atoms with Gasteiger partial charge in [0, 0.05) is 63.1 Å². The number of likely N-dealkylation sites (N-methyl/N-ethyl adjacent to an activating group) is 2. The molecule has 0 saturated carbocycles. The molecule has 0 N–H and O–H groups in total. The molecular weight excluding hydrogens is 757 g/mol. The van der Waals surface area contributed by atoms with E-state index in [2.05, 4.69) is 45.6 Å². The van der Waals surface area contributed by atoms with Crippen LogP contribution in [0.3, 0.4) is 0 Å². The van der Waals surface area contributed by atoms with Crippen LogP contribution < -0.4 is 19.3 Å². The minimum Gasteiger partial charge on any atom is -0.497 e. The molecule has 12 nitrogen and oxygen atoms in total. The molecule has 0 amide bonds. The fraction of sp³-hybridized carbons (Fsp3) is 0.333. The van der Waals surface area contributed by atoms with Crippen molar-refractivity contribution in [1.82, 2.24) is 19.8 Å². The molecule has 2 atom stereocenters. The maximum atomic E-state index is 14.2. The summed E-state index contributed by atoms with van der Waals surface area (Å²) in [5.74, 6) is 0.593. The highest BCUT2D eigenvalue weighted by Crippen LogP contribution is 2.36. The lowest BCUT2D eigenvalue weighted by Gasteiger charge is -2.35. The van der Waals surface area contributed by atoms with Crippen molar-refractivity contribution >= 4 is 45.1 Å². The average Bonchev–Trinajstić information content (AvgIpc) is 3.31. The third kappa shape index (κ3) is 8.71. The SMILES string of the molecule is CCN1CCN(c2nc(C(OC(=O)C(=O)OC(c3ccc(OC)cc3)c3cc4ccccc4c(N4CCN(CC)CC4)n3)c3ccc(OC)cc3)cc3ccccc23)CC1. The number of esters is 2. The number of methoxy groups -OCH3 is 2. The van der Waals surface area contributed by atoms with Crippen molar-refractivity contribution in [1.29, 1.82) is 0 Å². The Bertz CT molecular complexity index is 2260. The third-order valence-electron chi connectivity index (χ3n) is 11.7. The zero-order valence-corrected chi connectivity index (χ0v) is 34.8. The summed E-state index contributed by atoms with van der Waals surface area (Å²) in [6.07, 6.45) is -2.08. The maximum Gasteiger partial charge on any atom is 0.418 e. The monoisotopic (exact) mass is 808 g/mol. The highest BCUT2D eigenvalue weighted by atomic mass is 16.6. The van der Waals surface area contributed by atoms with Gasteiger partial charge >= 0.3 is 11.9 Å². The average molecular weight is 809 g/mol. The third-order valence-corrected chi connectivity index (χ3v) is 11.7. The number of rotatable bonds is 12. The largest absolute Gasteiger partial charge is 0.497 e. The Balaban J connectivity index is 1.15. The first-order chi connectivity index (χ1) is 29.3. The quantitative estimate of drug-likeness (QED) is 0.0934. The van der Waals surface area contributed by atoms with Gasteiger partial charge in [-0.05, 0) is 71.4 Å². The summed E-state index contributed by atoms with van der Waals surface area (Å²) >= 11 is 0. The second-order valence-corrected chi connectivity index (χ2v) is 15.1. The first-order valence-corrected chi connectivity index (χ1v) is 20.8. The van der Waals surface area contributed by atoms with Crippen LogP contribution >= 0.6 is 0 Å². The van der Waals surface area contributed by atoms with E-state index in [0.717, 1.165) is 98.6 Å². The molecular formula is C48H52N6O6. The van der Waals surface area contributed by atoms with Crippen LogP contribution in [0.2, 0.25) is 0 Å². The Morgan fingerprint density at radius 2 is 0.900 bits per heavy atom. The van der Waals surface area contributed by atoms with E-state index in [0.29, 0.717) is 34.0 Å². The van der Waals surface area contributed by atoms with Crippen molar-refractivity contribution in [2.24, 2.45) is 0 Å². The van der Waals surface area contributed by atoms with Crippen molar-refractivity contribution in [3.05, 3.63) is 132 Å². The van der Waals surface area contributed by atoms with Crippen LogP contribution in [0.5, 0.6) is 11.5 Å². The summed E-state index contributed by atoms with van der Waals surface area (Å²) < 4.78 is 23.3. The number of aromatic nitrogens is 2. The van der Waals surface area contributed by atoms with Crippen molar-refractivity contribution in [2.75, 3.05) is 89.5 Å². The van der Waals surface area contributed by atoms with E-state index in [9.17, 15) is 9.59 Å². The molecule has 2 fully saturated rings.